The van der Waals surface area contributed by atoms with Gasteiger partial charge < -0.3 is 4.52 Å². The molecule has 1 saturated heterocycles. The molecule has 0 radical (unpaired) electrons. The molecule has 0 spiro atoms. The fourth-order valence-electron chi connectivity index (χ4n) is 3.61. The quantitative estimate of drug-likeness (QED) is 0.701. The molecule has 0 unspecified atom stereocenters. The molecule has 0 amide bonds. The van der Waals surface area contributed by atoms with Gasteiger partial charge in [-0.1, -0.05) is 30.3 Å². The topological polar surface area (TPSA) is 78.8 Å². The second-order valence-electron chi connectivity index (χ2n) is 7.10. The van der Waals surface area contributed by atoms with E-state index in [0.717, 1.165) is 37.2 Å². The molecule has 136 valence electrons. The van der Waals surface area contributed by atoms with Crippen LogP contribution in [0.25, 0.3) is 11.4 Å². The Morgan fingerprint density at radius 2 is 2.15 bits per heavy atom. The molecule has 27 heavy (non-hydrogen) atoms. The lowest BCUT2D eigenvalue weighted by Crippen LogP contribution is -2.37. The molecule has 3 aromatic rings. The Labute approximate surface area is 158 Å². The summed E-state index contributed by atoms with van der Waals surface area (Å²) in [6.07, 6.45) is 3.93. The molecule has 0 saturated carbocycles. The lowest BCUT2D eigenvalue weighted by Gasteiger charge is -2.36. The van der Waals surface area contributed by atoms with Crippen LogP contribution < -0.4 is 0 Å². The lowest BCUT2D eigenvalue weighted by molar-refractivity contribution is 0.0817. The molecular formula is C21H21N5O. The Kier molecular flexibility index (Phi) is 4.95. The maximum atomic E-state index is 9.09. The van der Waals surface area contributed by atoms with E-state index in [1.54, 1.807) is 12.1 Å². The number of pyridine rings is 1. The fraction of sp³-hybridized carbons (Fsp3) is 0.333. The smallest absolute Gasteiger partial charge is 0.244 e. The second-order valence-corrected chi connectivity index (χ2v) is 7.10. The van der Waals surface area contributed by atoms with Gasteiger partial charge in [0.05, 0.1) is 23.4 Å². The van der Waals surface area contributed by atoms with Gasteiger partial charge in [-0.15, -0.1) is 0 Å². The van der Waals surface area contributed by atoms with E-state index in [-0.39, 0.29) is 6.04 Å². The first-order valence-electron chi connectivity index (χ1n) is 9.21. The summed E-state index contributed by atoms with van der Waals surface area (Å²) in [5.41, 5.74) is 2.42. The highest BCUT2D eigenvalue weighted by Crippen LogP contribution is 2.34. The largest absolute Gasteiger partial charge is 0.337 e. The van der Waals surface area contributed by atoms with Crippen molar-refractivity contribution in [1.29, 1.82) is 5.26 Å². The summed E-state index contributed by atoms with van der Waals surface area (Å²) in [4.78, 5) is 11.5. The summed E-state index contributed by atoms with van der Waals surface area (Å²) >= 11 is 0. The standard InChI is InChI=1S/C21H21N5O/c1-15-8-9-19(26(13-15)14-18-7-2-3-10-23-18)21-24-20(25-27-21)17-6-4-5-16(11-17)12-22/h2-7,10-11,15,19H,8-9,13-14H2,1H3/t15-,19-/m1/s1. The molecule has 6 heteroatoms. The summed E-state index contributed by atoms with van der Waals surface area (Å²) in [6.45, 7) is 4.01. The zero-order valence-electron chi connectivity index (χ0n) is 15.2. The molecule has 2 aromatic heterocycles. The molecule has 4 rings (SSSR count). The van der Waals surface area contributed by atoms with Crippen molar-refractivity contribution < 1.29 is 4.52 Å². The van der Waals surface area contributed by atoms with E-state index in [0.29, 0.717) is 23.2 Å². The van der Waals surface area contributed by atoms with Crippen molar-refractivity contribution >= 4 is 0 Å². The van der Waals surface area contributed by atoms with Crippen molar-refractivity contribution in [1.82, 2.24) is 20.0 Å². The van der Waals surface area contributed by atoms with E-state index in [1.165, 1.54) is 0 Å². The van der Waals surface area contributed by atoms with E-state index >= 15 is 0 Å². The van der Waals surface area contributed by atoms with Crippen molar-refractivity contribution in [3.8, 4) is 17.5 Å². The van der Waals surface area contributed by atoms with Crippen molar-refractivity contribution in [2.24, 2.45) is 5.92 Å². The molecule has 2 atom stereocenters. The third kappa shape index (κ3) is 3.88. The van der Waals surface area contributed by atoms with Gasteiger partial charge in [-0.25, -0.2) is 0 Å². The molecule has 1 fully saturated rings. The predicted molar refractivity (Wildman–Crippen MR) is 100 cm³/mol. The maximum Gasteiger partial charge on any atom is 0.244 e. The van der Waals surface area contributed by atoms with Crippen LogP contribution in [0.2, 0.25) is 0 Å². The average molecular weight is 359 g/mol. The summed E-state index contributed by atoms with van der Waals surface area (Å²) < 4.78 is 5.63. The molecule has 1 aromatic carbocycles. The third-order valence-electron chi connectivity index (χ3n) is 4.99. The van der Waals surface area contributed by atoms with Crippen LogP contribution >= 0.6 is 0 Å². The predicted octanol–water partition coefficient (Wildman–Crippen LogP) is 3.98. The Hall–Kier alpha value is -3.04. The Bertz CT molecular complexity index is 946. The van der Waals surface area contributed by atoms with Crippen molar-refractivity contribution in [2.75, 3.05) is 6.54 Å². The van der Waals surface area contributed by atoms with Crippen LogP contribution in [0.15, 0.2) is 53.2 Å². The van der Waals surface area contributed by atoms with Crippen LogP contribution in [0.3, 0.4) is 0 Å². The number of piperidine rings is 1. The van der Waals surface area contributed by atoms with Crippen LogP contribution in [0.1, 0.15) is 43.0 Å². The van der Waals surface area contributed by atoms with E-state index < -0.39 is 0 Å². The normalized spacial score (nSPS) is 20.3. The Balaban J connectivity index is 1.59. The number of nitrogens with zero attached hydrogens (tertiary/aromatic N) is 5. The molecular weight excluding hydrogens is 338 g/mol. The zero-order chi connectivity index (χ0) is 18.6. The average Bonchev–Trinajstić information content (AvgIpc) is 3.19. The fourth-order valence-corrected chi connectivity index (χ4v) is 3.61. The van der Waals surface area contributed by atoms with Crippen LogP contribution in [-0.2, 0) is 6.54 Å². The third-order valence-corrected chi connectivity index (χ3v) is 4.99. The van der Waals surface area contributed by atoms with Crippen molar-refractivity contribution in [3.05, 3.63) is 65.8 Å². The zero-order valence-corrected chi connectivity index (χ0v) is 15.2. The van der Waals surface area contributed by atoms with E-state index in [9.17, 15) is 0 Å². The maximum absolute atomic E-state index is 9.09. The molecule has 1 aliphatic rings. The molecule has 6 nitrogen and oxygen atoms in total. The van der Waals surface area contributed by atoms with Gasteiger partial charge >= 0.3 is 0 Å². The highest BCUT2D eigenvalue weighted by atomic mass is 16.5. The molecule has 3 heterocycles. The lowest BCUT2D eigenvalue weighted by atomic mass is 9.94. The first-order valence-corrected chi connectivity index (χ1v) is 9.21. The van der Waals surface area contributed by atoms with Gasteiger partial charge in [-0.05, 0) is 43.0 Å². The van der Waals surface area contributed by atoms with E-state index in [1.807, 2.05) is 36.5 Å². The first-order chi connectivity index (χ1) is 13.2. The molecule has 1 aliphatic heterocycles. The summed E-state index contributed by atoms with van der Waals surface area (Å²) in [6, 6.07) is 15.5. The van der Waals surface area contributed by atoms with E-state index in [2.05, 4.69) is 33.0 Å². The SMILES string of the molecule is C[C@@H]1CC[C@H](c2nc(-c3cccc(C#N)c3)no2)N(Cc2ccccn2)C1. The summed E-state index contributed by atoms with van der Waals surface area (Å²) in [5, 5.41) is 13.3. The molecule has 0 bridgehead atoms. The number of likely N-dealkylation sites (tertiary alicyclic amines) is 1. The number of hydrogen-bond acceptors (Lipinski definition) is 6. The van der Waals surface area contributed by atoms with Gasteiger partial charge in [0.25, 0.3) is 0 Å². The van der Waals surface area contributed by atoms with Crippen LogP contribution in [0, 0.1) is 17.2 Å². The number of benzene rings is 1. The van der Waals surface area contributed by atoms with Crippen LogP contribution in [0.4, 0.5) is 0 Å². The van der Waals surface area contributed by atoms with Crippen LogP contribution in [-0.4, -0.2) is 26.6 Å². The van der Waals surface area contributed by atoms with E-state index in [4.69, 9.17) is 9.78 Å². The number of aromatic nitrogens is 3. The van der Waals surface area contributed by atoms with Gasteiger partial charge in [0.15, 0.2) is 0 Å². The highest BCUT2D eigenvalue weighted by Gasteiger charge is 2.31. The molecule has 0 aliphatic carbocycles. The van der Waals surface area contributed by atoms with Gasteiger partial charge in [0.1, 0.15) is 0 Å². The minimum Gasteiger partial charge on any atom is -0.337 e. The van der Waals surface area contributed by atoms with Gasteiger partial charge in [0, 0.05) is 24.8 Å². The highest BCUT2D eigenvalue weighted by molar-refractivity contribution is 5.57. The first kappa shape index (κ1) is 17.4. The van der Waals surface area contributed by atoms with Crippen molar-refractivity contribution in [2.45, 2.75) is 32.4 Å². The second kappa shape index (κ2) is 7.68. The monoisotopic (exact) mass is 359 g/mol. The van der Waals surface area contributed by atoms with Gasteiger partial charge in [-0.2, -0.15) is 10.2 Å². The van der Waals surface area contributed by atoms with Crippen LogP contribution in [0.5, 0.6) is 0 Å². The number of nitriles is 1. The summed E-state index contributed by atoms with van der Waals surface area (Å²) in [7, 11) is 0. The minimum atomic E-state index is 0.0867. The molecule has 0 N–H and O–H groups in total. The van der Waals surface area contributed by atoms with Gasteiger partial charge in [-0.3, -0.25) is 9.88 Å². The minimum absolute atomic E-state index is 0.0867. The Morgan fingerprint density at radius 1 is 1.22 bits per heavy atom. The number of hydrogen-bond donors (Lipinski definition) is 0. The number of rotatable bonds is 4. The van der Waals surface area contributed by atoms with Gasteiger partial charge in [0.2, 0.25) is 11.7 Å². The summed E-state index contributed by atoms with van der Waals surface area (Å²) in [5.74, 6) is 1.79. The Morgan fingerprint density at radius 3 is 2.96 bits per heavy atom. The van der Waals surface area contributed by atoms with Crippen molar-refractivity contribution in [3.63, 3.8) is 0 Å².